The average Bonchev–Trinajstić information content (AvgIpc) is 2.22. The van der Waals surface area contributed by atoms with Gasteiger partial charge in [0, 0.05) is 12.3 Å². The largest absolute Gasteiger partial charge is 0.455 e. The second kappa shape index (κ2) is 7.60. The van der Waals surface area contributed by atoms with Gasteiger partial charge in [-0.15, -0.1) is 0 Å². The maximum Gasteiger partial charge on any atom is 0.174 e. The van der Waals surface area contributed by atoms with Gasteiger partial charge in [0.25, 0.3) is 0 Å². The van der Waals surface area contributed by atoms with Crippen LogP contribution in [0.5, 0.6) is 0 Å². The van der Waals surface area contributed by atoms with Crippen LogP contribution in [0.4, 0.5) is 0 Å². The zero-order valence-corrected chi connectivity index (χ0v) is 15.4. The lowest BCUT2D eigenvalue weighted by atomic mass is 10.1. The third-order valence-corrected chi connectivity index (χ3v) is 11.0. The zero-order chi connectivity index (χ0) is 14.4. The number of carbonyl (C=O) groups is 1. The molecule has 0 bridgehead atoms. The van der Waals surface area contributed by atoms with Gasteiger partial charge in [-0.3, -0.25) is 4.79 Å². The number of Topliss-reactive ketones (excluding diaryl/α,β-unsaturated/α-hetero) is 1. The topological polar surface area (TPSA) is 26.3 Å². The van der Waals surface area contributed by atoms with Gasteiger partial charge in [-0.25, -0.2) is 0 Å². The second-order valence-electron chi connectivity index (χ2n) is 6.65. The Labute approximate surface area is 116 Å². The first-order valence-electron chi connectivity index (χ1n) is 7.36. The highest BCUT2D eigenvalue weighted by atomic mass is 28.4. The summed E-state index contributed by atoms with van der Waals surface area (Å²) >= 11 is 0. The molecule has 1 unspecified atom stereocenters. The molecule has 18 heavy (non-hydrogen) atoms. The Morgan fingerprint density at radius 2 is 1.67 bits per heavy atom. The molecule has 0 N–H and O–H groups in total. The van der Waals surface area contributed by atoms with E-state index in [1.54, 1.807) is 0 Å². The third kappa shape index (κ3) is 7.49. The second-order valence-corrected chi connectivity index (χ2v) is 15.4. The van der Waals surface area contributed by atoms with Crippen LogP contribution < -0.4 is 0 Å². The summed E-state index contributed by atoms with van der Waals surface area (Å²) in [5, 5.41) is 0. The van der Waals surface area contributed by atoms with Crippen molar-refractivity contribution < 1.29 is 8.91 Å². The molecule has 2 nitrogen and oxygen atoms in total. The molecule has 0 aromatic rings. The van der Waals surface area contributed by atoms with Gasteiger partial charge in [-0.2, -0.15) is 0 Å². The molecule has 0 fully saturated rings. The summed E-state index contributed by atoms with van der Waals surface area (Å²) in [6, 6.07) is 2.22. The minimum Gasteiger partial charge on any atom is -0.455 e. The quantitative estimate of drug-likeness (QED) is 0.568. The van der Waals surface area contributed by atoms with Crippen LogP contribution in [-0.2, 0) is 8.91 Å². The van der Waals surface area contributed by atoms with Crippen LogP contribution in [0, 0.1) is 5.92 Å². The van der Waals surface area contributed by atoms with Crippen molar-refractivity contribution in [3.05, 3.63) is 0 Å². The molecule has 0 rings (SSSR count). The molecular weight excluding hydrogens is 256 g/mol. The third-order valence-electron chi connectivity index (χ3n) is 3.38. The highest BCUT2D eigenvalue weighted by Gasteiger charge is 2.34. The Balaban J connectivity index is 4.41. The predicted molar refractivity (Wildman–Crippen MR) is 85.0 cm³/mol. The zero-order valence-electron chi connectivity index (χ0n) is 13.4. The van der Waals surface area contributed by atoms with Crippen molar-refractivity contribution in [1.82, 2.24) is 0 Å². The lowest BCUT2D eigenvalue weighted by Crippen LogP contribution is -2.45. The van der Waals surface area contributed by atoms with Gasteiger partial charge in [-0.1, -0.05) is 33.6 Å². The van der Waals surface area contributed by atoms with Crippen molar-refractivity contribution in [3.63, 3.8) is 0 Å². The minimum atomic E-state index is -1.69. The van der Waals surface area contributed by atoms with Gasteiger partial charge < -0.3 is 4.12 Å². The highest BCUT2D eigenvalue weighted by Crippen LogP contribution is 2.26. The van der Waals surface area contributed by atoms with E-state index in [1.165, 1.54) is 18.9 Å². The van der Waals surface area contributed by atoms with E-state index in [2.05, 4.69) is 40.0 Å². The summed E-state index contributed by atoms with van der Waals surface area (Å²) in [6.45, 7) is 15.4. The Kier molecular flexibility index (Phi) is 7.63. The van der Waals surface area contributed by atoms with E-state index in [-0.39, 0.29) is 5.92 Å². The van der Waals surface area contributed by atoms with Crippen LogP contribution in [0.15, 0.2) is 0 Å². The summed E-state index contributed by atoms with van der Waals surface area (Å²) < 4.78 is 6.52. The molecular formula is C14H32O2Si2. The SMILES string of the molecule is CCCC[Si](C)(C)O[Si](C)(C)CC(C)C(=O)CC. The number of unbranched alkanes of at least 4 members (excludes halogenated alkanes) is 1. The molecule has 0 spiro atoms. The van der Waals surface area contributed by atoms with Crippen LogP contribution >= 0.6 is 0 Å². The van der Waals surface area contributed by atoms with Crippen LogP contribution in [0.3, 0.4) is 0 Å². The van der Waals surface area contributed by atoms with Crippen LogP contribution in [0.25, 0.3) is 0 Å². The van der Waals surface area contributed by atoms with Crippen molar-refractivity contribution in [1.29, 1.82) is 0 Å². The molecule has 0 aromatic heterocycles. The van der Waals surface area contributed by atoms with Gasteiger partial charge in [0.2, 0.25) is 0 Å². The maximum absolute atomic E-state index is 11.7. The Bertz CT molecular complexity index is 263. The number of rotatable bonds is 9. The first-order valence-corrected chi connectivity index (χ1v) is 13.6. The van der Waals surface area contributed by atoms with Crippen molar-refractivity contribution in [2.45, 2.75) is 78.3 Å². The molecule has 0 saturated heterocycles. The Morgan fingerprint density at radius 1 is 1.11 bits per heavy atom. The van der Waals surface area contributed by atoms with Gasteiger partial charge in [0.1, 0.15) is 5.78 Å². The molecule has 108 valence electrons. The van der Waals surface area contributed by atoms with E-state index in [1.807, 2.05) is 6.92 Å². The first-order chi connectivity index (χ1) is 8.13. The van der Waals surface area contributed by atoms with E-state index in [0.717, 1.165) is 6.04 Å². The highest BCUT2D eigenvalue weighted by molar-refractivity contribution is 6.84. The number of hydrogen-bond acceptors (Lipinski definition) is 2. The molecule has 0 heterocycles. The summed E-state index contributed by atoms with van der Waals surface area (Å²) in [6.07, 6.45) is 3.17. The van der Waals surface area contributed by atoms with Gasteiger partial charge in [-0.05, 0) is 38.3 Å². The smallest absolute Gasteiger partial charge is 0.174 e. The van der Waals surface area contributed by atoms with Crippen LogP contribution in [0.2, 0.25) is 38.3 Å². The fourth-order valence-corrected chi connectivity index (χ4v) is 12.3. The average molecular weight is 289 g/mol. The lowest BCUT2D eigenvalue weighted by molar-refractivity contribution is -0.121. The molecule has 0 aliphatic carbocycles. The molecule has 1 atom stereocenters. The molecule has 0 aromatic carbocycles. The van der Waals surface area contributed by atoms with E-state index < -0.39 is 16.6 Å². The van der Waals surface area contributed by atoms with Gasteiger partial charge >= 0.3 is 0 Å². The maximum atomic E-state index is 11.7. The van der Waals surface area contributed by atoms with E-state index in [9.17, 15) is 4.79 Å². The van der Waals surface area contributed by atoms with Crippen molar-refractivity contribution >= 4 is 22.4 Å². The van der Waals surface area contributed by atoms with Crippen molar-refractivity contribution in [2.75, 3.05) is 0 Å². The van der Waals surface area contributed by atoms with E-state index >= 15 is 0 Å². The van der Waals surface area contributed by atoms with Gasteiger partial charge in [0.15, 0.2) is 16.6 Å². The minimum absolute atomic E-state index is 0.174. The molecule has 0 amide bonds. The molecule has 0 aliphatic rings. The van der Waals surface area contributed by atoms with Crippen molar-refractivity contribution in [2.24, 2.45) is 5.92 Å². The van der Waals surface area contributed by atoms with Crippen LogP contribution in [0.1, 0.15) is 40.0 Å². The summed E-state index contributed by atoms with van der Waals surface area (Å²) in [4.78, 5) is 11.7. The molecule has 0 saturated carbocycles. The standard InChI is InChI=1S/C14H32O2Si2/c1-8-10-11-17(4,5)16-18(6,7)12-13(3)14(15)9-2/h13H,8-12H2,1-7H3. The fourth-order valence-electron chi connectivity index (χ4n) is 2.64. The molecule has 0 aliphatic heterocycles. The Hall–Kier alpha value is 0.0638. The summed E-state index contributed by atoms with van der Waals surface area (Å²) in [7, 11) is -3.21. The van der Waals surface area contributed by atoms with Crippen LogP contribution in [-0.4, -0.2) is 22.4 Å². The van der Waals surface area contributed by atoms with E-state index in [4.69, 9.17) is 4.12 Å². The summed E-state index contributed by atoms with van der Waals surface area (Å²) in [5.74, 6) is 0.555. The molecule has 0 radical (unpaired) electrons. The summed E-state index contributed by atoms with van der Waals surface area (Å²) in [5.41, 5.74) is 0. The first kappa shape index (κ1) is 18.1. The normalized spacial score (nSPS) is 14.6. The van der Waals surface area contributed by atoms with E-state index in [0.29, 0.717) is 12.2 Å². The predicted octanol–water partition coefficient (Wildman–Crippen LogP) is 4.83. The number of hydrogen-bond donors (Lipinski definition) is 0. The Morgan fingerprint density at radius 3 is 2.11 bits per heavy atom. The number of ketones is 1. The number of carbonyl (C=O) groups excluding carboxylic acids is 1. The monoisotopic (exact) mass is 288 g/mol. The molecule has 4 heteroatoms. The van der Waals surface area contributed by atoms with Crippen molar-refractivity contribution in [3.8, 4) is 0 Å². The lowest BCUT2D eigenvalue weighted by Gasteiger charge is -2.35. The van der Waals surface area contributed by atoms with Gasteiger partial charge in [0.05, 0.1) is 0 Å². The fraction of sp³-hybridized carbons (Fsp3) is 0.929.